The molecule has 4 atom stereocenters. The molecule has 4 saturated heterocycles. The first-order valence-electron chi connectivity index (χ1n) is 28.5. The van der Waals surface area contributed by atoms with E-state index < -0.39 is 30.8 Å². The minimum atomic E-state index is -2.90. The molecule has 5 aliphatic rings. The van der Waals surface area contributed by atoms with Crippen molar-refractivity contribution in [3.05, 3.63) is 48.0 Å². The smallest absolute Gasteiger partial charge is 0.410 e. The van der Waals surface area contributed by atoms with E-state index in [1.807, 2.05) is 48.7 Å². The van der Waals surface area contributed by atoms with Gasteiger partial charge in [0.25, 0.3) is 5.92 Å². The lowest BCUT2D eigenvalue weighted by molar-refractivity contribution is -0.0366. The molecule has 4 aliphatic heterocycles. The van der Waals surface area contributed by atoms with Gasteiger partial charge in [0.05, 0.1) is 50.6 Å². The molecule has 11 rings (SSSR count). The van der Waals surface area contributed by atoms with Crippen molar-refractivity contribution < 1.29 is 32.2 Å². The van der Waals surface area contributed by atoms with E-state index in [1.54, 1.807) is 6.20 Å². The monoisotopic (exact) mass is 1100 g/mol. The second-order valence-electron chi connectivity index (χ2n) is 25.0. The number of carbonyl (C=O) groups excluding carboxylic acids is 1. The summed E-state index contributed by atoms with van der Waals surface area (Å²) in [6.07, 6.45) is 16.3. The van der Waals surface area contributed by atoms with Crippen molar-refractivity contribution in [3.63, 3.8) is 0 Å². The van der Waals surface area contributed by atoms with Crippen LogP contribution in [0.15, 0.2) is 36.7 Å². The molecular formula is C61H75F3N8O4SSi. The number of thiophene rings is 1. The fourth-order valence-corrected chi connectivity index (χ4v) is 20.3. The van der Waals surface area contributed by atoms with Crippen LogP contribution in [0.25, 0.3) is 53.2 Å². The third kappa shape index (κ3) is 9.80. The topological polar surface area (TPSA) is 111 Å². The maximum absolute atomic E-state index is 17.0. The Kier molecular flexibility index (Phi) is 14.6. The average Bonchev–Trinajstić information content (AvgIpc) is 3.61. The van der Waals surface area contributed by atoms with Crippen molar-refractivity contribution in [2.75, 3.05) is 50.8 Å². The summed E-state index contributed by atoms with van der Waals surface area (Å²) >= 11 is 1.43. The second kappa shape index (κ2) is 20.9. The number of ether oxygens (including phenoxy) is 3. The zero-order chi connectivity index (χ0) is 55.1. The van der Waals surface area contributed by atoms with Crippen molar-refractivity contribution in [1.29, 1.82) is 0 Å². The Bertz CT molecular complexity index is 3340. The molecule has 0 spiro atoms. The molecule has 5 fully saturated rings. The minimum absolute atomic E-state index is 0.0181. The molecule has 8 heterocycles. The van der Waals surface area contributed by atoms with E-state index in [1.165, 1.54) is 17.4 Å². The van der Waals surface area contributed by atoms with Gasteiger partial charge in [0.2, 0.25) is 0 Å². The van der Waals surface area contributed by atoms with Crippen LogP contribution in [-0.2, 0) is 9.47 Å². The number of hydrogen-bond donors (Lipinski definition) is 0. The number of amides is 1. The quantitative estimate of drug-likeness (QED) is 0.0819. The SMILES string of the molecule is C#CCCC1CCN(C[C@@]2(COc3nc(N4CC5CCC(C4)N5C(=O)OC(C)(C)C)c4c(n3)sc3c(-c5c6cnn(C7CCCCO7)c6cc6ccc(F)c(C#C[Si](C(C)C)(C(C)C)C(C)C)c56)nccc34)CC2(F)F)CC1. The standard InChI is InChI=1S/C61H75F3N8O4SSi/c1-11-12-15-40-22-26-69(27-23-40)35-60(34-61(60,63)64)36-75-57-67-55(70-32-42-18-19-43(33-70)71(42)58(73)76-59(8,9)10)52-45-21-25-65-53(54(45)77-56(52)68-57)51-46-31-66-72(49-16-13-14-28-74-49)48(46)30-41-17-20-47(62)44(50(41)51)24-29-78(37(2)3,38(4)5)39(6)7/h1,17,20-21,25,30-31,37-40,42-43,49H,12-16,18-19,22-23,26-28,32-36H2,2-10H3/t42?,43?,49?,60-/m1/s1. The zero-order valence-electron chi connectivity index (χ0n) is 46.9. The van der Waals surface area contributed by atoms with E-state index in [2.05, 4.69) is 74.8 Å². The predicted octanol–water partition coefficient (Wildman–Crippen LogP) is 13.9. The van der Waals surface area contributed by atoms with Crippen LogP contribution in [0.2, 0.25) is 16.6 Å². The molecule has 414 valence electrons. The summed E-state index contributed by atoms with van der Waals surface area (Å²) in [5.41, 5.74) is 5.29. The highest BCUT2D eigenvalue weighted by Crippen LogP contribution is 2.61. The van der Waals surface area contributed by atoms with Crippen LogP contribution < -0.4 is 9.64 Å². The summed E-state index contributed by atoms with van der Waals surface area (Å²) in [6.45, 7) is 22.2. The van der Waals surface area contributed by atoms with E-state index in [0.717, 1.165) is 103 Å². The molecule has 12 nitrogen and oxygen atoms in total. The van der Waals surface area contributed by atoms with Gasteiger partial charge >= 0.3 is 12.1 Å². The largest absolute Gasteiger partial charge is 0.462 e. The molecule has 2 bridgehead atoms. The summed E-state index contributed by atoms with van der Waals surface area (Å²) in [5.74, 6) is 4.09. The van der Waals surface area contributed by atoms with Gasteiger partial charge in [-0.05, 0) is 131 Å². The lowest BCUT2D eigenvalue weighted by Crippen LogP contribution is -2.57. The molecule has 6 aromatic rings. The number of terminal acetylenes is 1. The molecule has 78 heavy (non-hydrogen) atoms. The number of rotatable bonds is 13. The molecule has 17 heteroatoms. The number of alkyl halides is 2. The van der Waals surface area contributed by atoms with Gasteiger partial charge in [-0.2, -0.15) is 15.1 Å². The van der Waals surface area contributed by atoms with Gasteiger partial charge in [0.1, 0.15) is 36.7 Å². The average molecular weight is 1100 g/mol. The number of hydrogen-bond acceptors (Lipinski definition) is 11. The lowest BCUT2D eigenvalue weighted by atomic mass is 9.91. The van der Waals surface area contributed by atoms with Gasteiger partial charge < -0.3 is 24.0 Å². The number of likely N-dealkylation sites (tertiary alicyclic amines) is 1. The van der Waals surface area contributed by atoms with E-state index in [4.69, 9.17) is 40.7 Å². The summed E-state index contributed by atoms with van der Waals surface area (Å²) in [7, 11) is -2.34. The van der Waals surface area contributed by atoms with Crippen LogP contribution >= 0.6 is 11.3 Å². The maximum Gasteiger partial charge on any atom is 0.410 e. The summed E-state index contributed by atoms with van der Waals surface area (Å²) in [4.78, 5) is 36.1. The number of halogens is 3. The molecule has 1 aliphatic carbocycles. The van der Waals surface area contributed by atoms with Gasteiger partial charge in [-0.25, -0.2) is 22.6 Å². The van der Waals surface area contributed by atoms with Gasteiger partial charge in [-0.15, -0.1) is 29.2 Å². The summed E-state index contributed by atoms with van der Waals surface area (Å²) in [5, 5.41) is 8.87. The second-order valence-corrected chi connectivity index (χ2v) is 31.6. The molecule has 4 aromatic heterocycles. The van der Waals surface area contributed by atoms with E-state index >= 15 is 13.2 Å². The molecule has 0 radical (unpaired) electrons. The van der Waals surface area contributed by atoms with Crippen molar-refractivity contribution in [1.82, 2.24) is 34.5 Å². The Morgan fingerprint density at radius 3 is 2.32 bits per heavy atom. The van der Waals surface area contributed by atoms with Crippen molar-refractivity contribution in [3.8, 4) is 41.1 Å². The van der Waals surface area contributed by atoms with Gasteiger partial charge in [0.15, 0.2) is 6.23 Å². The number of aromatic nitrogens is 5. The van der Waals surface area contributed by atoms with Crippen molar-refractivity contribution in [2.24, 2.45) is 11.3 Å². The van der Waals surface area contributed by atoms with Gasteiger partial charge in [-0.3, -0.25) is 9.88 Å². The fraction of sp³-hybridized carbons (Fsp3) is 0.590. The molecular weight excluding hydrogens is 1030 g/mol. The summed E-state index contributed by atoms with van der Waals surface area (Å²) in [6, 6.07) is 7.15. The number of carbonyl (C=O) groups is 1. The van der Waals surface area contributed by atoms with Crippen LogP contribution in [0.1, 0.15) is 138 Å². The maximum atomic E-state index is 17.0. The molecule has 1 saturated carbocycles. The number of fused-ring (bicyclic) bond motifs is 7. The highest BCUT2D eigenvalue weighted by Gasteiger charge is 2.72. The Balaban J connectivity index is 1.07. The Hall–Kier alpha value is -5.46. The van der Waals surface area contributed by atoms with Crippen LogP contribution in [0, 0.1) is 41.0 Å². The molecule has 1 amide bonds. The first-order chi connectivity index (χ1) is 37.2. The van der Waals surface area contributed by atoms with E-state index in [0.29, 0.717) is 75.1 Å². The first kappa shape index (κ1) is 54.5. The van der Waals surface area contributed by atoms with Gasteiger partial charge in [-0.1, -0.05) is 53.5 Å². The van der Waals surface area contributed by atoms with E-state index in [-0.39, 0.29) is 50.0 Å². The lowest BCUT2D eigenvalue weighted by Gasteiger charge is -2.42. The van der Waals surface area contributed by atoms with Crippen LogP contribution in [-0.4, -0.2) is 118 Å². The van der Waals surface area contributed by atoms with E-state index in [9.17, 15) is 4.79 Å². The van der Waals surface area contributed by atoms with Crippen LogP contribution in [0.3, 0.4) is 0 Å². The fourth-order valence-electron chi connectivity index (χ4n) is 13.9. The zero-order valence-corrected chi connectivity index (χ0v) is 48.7. The number of pyridine rings is 1. The van der Waals surface area contributed by atoms with Crippen LogP contribution in [0.4, 0.5) is 23.8 Å². The third-order valence-corrected chi connectivity index (χ3v) is 25.4. The highest BCUT2D eigenvalue weighted by atomic mass is 32.1. The highest BCUT2D eigenvalue weighted by molar-refractivity contribution is 7.26. The number of anilines is 1. The normalized spacial score (nSPS) is 23.0. The summed E-state index contributed by atoms with van der Waals surface area (Å²) < 4.78 is 70.0. The minimum Gasteiger partial charge on any atom is -0.462 e. The number of benzene rings is 2. The number of piperidine rings is 1. The van der Waals surface area contributed by atoms with Gasteiger partial charge in [0, 0.05) is 67.0 Å². The number of nitrogens with zero attached hydrogens (tertiary/aromatic N) is 8. The van der Waals surface area contributed by atoms with Crippen LogP contribution in [0.5, 0.6) is 6.01 Å². The Morgan fingerprint density at radius 1 is 0.962 bits per heavy atom. The van der Waals surface area contributed by atoms with Crippen molar-refractivity contribution >= 4 is 73.3 Å². The van der Waals surface area contributed by atoms with Crippen molar-refractivity contribution in [2.45, 2.75) is 173 Å². The number of piperazine rings is 1. The Labute approximate surface area is 462 Å². The third-order valence-electron chi connectivity index (χ3n) is 18.0. The predicted molar refractivity (Wildman–Crippen MR) is 307 cm³/mol. The molecule has 2 aromatic carbocycles. The molecule has 3 unspecified atom stereocenters. The molecule has 0 N–H and O–H groups in total. The first-order valence-corrected chi connectivity index (χ1v) is 31.6. The Morgan fingerprint density at radius 2 is 1.68 bits per heavy atom.